The van der Waals surface area contributed by atoms with Crippen molar-refractivity contribution in [2.45, 2.75) is 19.8 Å². The van der Waals surface area contributed by atoms with E-state index in [1.807, 2.05) is 46.8 Å². The summed E-state index contributed by atoms with van der Waals surface area (Å²) in [4.78, 5) is 14.8. The predicted molar refractivity (Wildman–Crippen MR) is 87.0 cm³/mol. The van der Waals surface area contributed by atoms with Gasteiger partial charge in [0.25, 0.3) is 5.91 Å². The molecule has 0 N–H and O–H groups in total. The minimum atomic E-state index is 0.116. The zero-order valence-corrected chi connectivity index (χ0v) is 13.0. The lowest BCUT2D eigenvalue weighted by atomic mass is 9.99. The Labute approximate surface area is 129 Å². The number of amides is 1. The van der Waals surface area contributed by atoms with E-state index in [1.165, 1.54) is 0 Å². The Morgan fingerprint density at radius 3 is 2.68 bits per heavy atom. The molecule has 4 heteroatoms. The van der Waals surface area contributed by atoms with Crippen LogP contribution < -0.4 is 0 Å². The second-order valence-corrected chi connectivity index (χ2v) is 6.37. The molecule has 114 valence electrons. The Bertz CT molecular complexity index is 851. The highest BCUT2D eigenvalue weighted by atomic mass is 16.3. The van der Waals surface area contributed by atoms with E-state index in [2.05, 4.69) is 6.92 Å². The minimum absolute atomic E-state index is 0.116. The van der Waals surface area contributed by atoms with Gasteiger partial charge in [0, 0.05) is 31.6 Å². The third kappa shape index (κ3) is 1.94. The van der Waals surface area contributed by atoms with E-state index in [9.17, 15) is 4.79 Å². The van der Waals surface area contributed by atoms with Crippen LogP contribution in [0.2, 0.25) is 0 Å². The summed E-state index contributed by atoms with van der Waals surface area (Å²) in [5.74, 6) is 0.836. The van der Waals surface area contributed by atoms with Gasteiger partial charge in [-0.25, -0.2) is 0 Å². The van der Waals surface area contributed by atoms with Crippen LogP contribution in [-0.4, -0.2) is 28.5 Å². The summed E-state index contributed by atoms with van der Waals surface area (Å²) >= 11 is 0. The second kappa shape index (κ2) is 4.90. The Kier molecular flexibility index (Phi) is 2.99. The van der Waals surface area contributed by atoms with E-state index in [4.69, 9.17) is 4.42 Å². The molecule has 1 saturated heterocycles. The zero-order valence-electron chi connectivity index (χ0n) is 13.0. The summed E-state index contributed by atoms with van der Waals surface area (Å²) in [6.07, 6.45) is 2.18. The molecule has 1 aliphatic heterocycles. The topological polar surface area (TPSA) is 38.4 Å². The predicted octanol–water partition coefficient (Wildman–Crippen LogP) is 3.80. The highest BCUT2D eigenvalue weighted by molar-refractivity contribution is 6.07. The van der Waals surface area contributed by atoms with Gasteiger partial charge in [-0.2, -0.15) is 0 Å². The fraction of sp³-hybridized carbons (Fsp3) is 0.389. The summed E-state index contributed by atoms with van der Waals surface area (Å²) in [7, 11) is 1.95. The SMILES string of the molecule is CC1CCN(C(=O)c2cc3oc4ccccc4c3n2C)CC1. The molecule has 4 nitrogen and oxygen atoms in total. The van der Waals surface area contributed by atoms with Crippen molar-refractivity contribution in [3.05, 3.63) is 36.0 Å². The molecule has 0 saturated carbocycles. The van der Waals surface area contributed by atoms with E-state index in [-0.39, 0.29) is 5.91 Å². The number of aromatic nitrogens is 1. The maximum absolute atomic E-state index is 12.8. The van der Waals surface area contributed by atoms with Crippen LogP contribution in [0.5, 0.6) is 0 Å². The largest absolute Gasteiger partial charge is 0.454 e. The van der Waals surface area contributed by atoms with Crippen molar-refractivity contribution in [2.24, 2.45) is 13.0 Å². The molecule has 0 aliphatic carbocycles. The van der Waals surface area contributed by atoms with Crippen molar-refractivity contribution in [1.29, 1.82) is 0 Å². The van der Waals surface area contributed by atoms with Gasteiger partial charge in [-0.05, 0) is 30.9 Å². The summed E-state index contributed by atoms with van der Waals surface area (Å²) in [5.41, 5.74) is 3.38. The van der Waals surface area contributed by atoms with Crippen LogP contribution in [0, 0.1) is 5.92 Å². The van der Waals surface area contributed by atoms with Crippen molar-refractivity contribution in [2.75, 3.05) is 13.1 Å². The maximum atomic E-state index is 12.8. The number of para-hydroxylation sites is 1. The summed E-state index contributed by atoms with van der Waals surface area (Å²) in [6.45, 7) is 3.96. The lowest BCUT2D eigenvalue weighted by Crippen LogP contribution is -2.38. The van der Waals surface area contributed by atoms with Crippen LogP contribution in [-0.2, 0) is 7.05 Å². The molecule has 0 spiro atoms. The molecule has 0 atom stereocenters. The Morgan fingerprint density at radius 2 is 1.91 bits per heavy atom. The molecule has 0 bridgehead atoms. The first kappa shape index (κ1) is 13.4. The molecule has 3 aromatic rings. The van der Waals surface area contributed by atoms with E-state index in [0.29, 0.717) is 5.69 Å². The number of aryl methyl sites for hydroxylation is 1. The van der Waals surface area contributed by atoms with Crippen molar-refractivity contribution in [3.8, 4) is 0 Å². The fourth-order valence-corrected chi connectivity index (χ4v) is 3.41. The van der Waals surface area contributed by atoms with Gasteiger partial charge in [0.1, 0.15) is 11.3 Å². The summed E-state index contributed by atoms with van der Waals surface area (Å²) in [6, 6.07) is 9.85. The van der Waals surface area contributed by atoms with Crippen LogP contribution in [0.15, 0.2) is 34.7 Å². The van der Waals surface area contributed by atoms with Gasteiger partial charge < -0.3 is 13.9 Å². The van der Waals surface area contributed by atoms with Gasteiger partial charge in [-0.1, -0.05) is 19.1 Å². The number of rotatable bonds is 1. The lowest BCUT2D eigenvalue weighted by Gasteiger charge is -2.30. The Morgan fingerprint density at radius 1 is 1.18 bits per heavy atom. The fourth-order valence-electron chi connectivity index (χ4n) is 3.41. The molecule has 1 fully saturated rings. The normalized spacial score (nSPS) is 16.7. The first-order valence-corrected chi connectivity index (χ1v) is 7.91. The second-order valence-electron chi connectivity index (χ2n) is 6.37. The molecule has 1 amide bonds. The van der Waals surface area contributed by atoms with E-state index >= 15 is 0 Å². The zero-order chi connectivity index (χ0) is 15.3. The molecule has 0 unspecified atom stereocenters. The molecule has 0 radical (unpaired) electrons. The molecule has 1 aromatic carbocycles. The summed E-state index contributed by atoms with van der Waals surface area (Å²) < 4.78 is 7.85. The number of likely N-dealkylation sites (tertiary alicyclic amines) is 1. The number of carbonyl (C=O) groups excluding carboxylic acids is 1. The van der Waals surface area contributed by atoms with Crippen molar-refractivity contribution < 1.29 is 9.21 Å². The number of piperidine rings is 1. The average Bonchev–Trinajstić information content (AvgIpc) is 3.04. The van der Waals surface area contributed by atoms with Gasteiger partial charge in [0.05, 0.1) is 5.52 Å². The van der Waals surface area contributed by atoms with Crippen LogP contribution in [0.25, 0.3) is 22.1 Å². The number of carbonyl (C=O) groups is 1. The molecule has 1 aliphatic rings. The standard InChI is InChI=1S/C18H20N2O2/c1-12-7-9-20(10-8-12)18(21)14-11-16-17(19(14)2)13-5-3-4-6-15(13)22-16/h3-6,11-12H,7-10H2,1-2H3. The number of benzene rings is 1. The van der Waals surface area contributed by atoms with Crippen molar-refractivity contribution in [3.63, 3.8) is 0 Å². The highest BCUT2D eigenvalue weighted by Gasteiger charge is 2.25. The van der Waals surface area contributed by atoms with Crippen LogP contribution >= 0.6 is 0 Å². The molecule has 2 aromatic heterocycles. The van der Waals surface area contributed by atoms with Crippen LogP contribution in [0.3, 0.4) is 0 Å². The monoisotopic (exact) mass is 296 g/mol. The lowest BCUT2D eigenvalue weighted by molar-refractivity contribution is 0.0688. The smallest absolute Gasteiger partial charge is 0.270 e. The quantitative estimate of drug-likeness (QED) is 0.685. The van der Waals surface area contributed by atoms with Crippen LogP contribution in [0.1, 0.15) is 30.3 Å². The number of fused-ring (bicyclic) bond motifs is 3. The minimum Gasteiger partial charge on any atom is -0.454 e. The third-order valence-corrected chi connectivity index (χ3v) is 4.85. The molecular weight excluding hydrogens is 276 g/mol. The average molecular weight is 296 g/mol. The first-order chi connectivity index (χ1) is 10.6. The molecule has 3 heterocycles. The molecule has 4 rings (SSSR count). The summed E-state index contributed by atoms with van der Waals surface area (Å²) in [5, 5.41) is 1.06. The maximum Gasteiger partial charge on any atom is 0.270 e. The molecule has 22 heavy (non-hydrogen) atoms. The molecular formula is C18H20N2O2. The van der Waals surface area contributed by atoms with E-state index in [0.717, 1.165) is 53.9 Å². The van der Waals surface area contributed by atoms with Gasteiger partial charge in [-0.3, -0.25) is 4.79 Å². The van der Waals surface area contributed by atoms with Gasteiger partial charge >= 0.3 is 0 Å². The van der Waals surface area contributed by atoms with Gasteiger partial charge in [-0.15, -0.1) is 0 Å². The van der Waals surface area contributed by atoms with Gasteiger partial charge in [0.15, 0.2) is 5.58 Å². The van der Waals surface area contributed by atoms with Crippen molar-refractivity contribution >= 4 is 28.0 Å². The van der Waals surface area contributed by atoms with E-state index in [1.54, 1.807) is 0 Å². The van der Waals surface area contributed by atoms with Crippen LogP contribution in [0.4, 0.5) is 0 Å². The highest BCUT2D eigenvalue weighted by Crippen LogP contribution is 2.31. The van der Waals surface area contributed by atoms with Gasteiger partial charge in [0.2, 0.25) is 0 Å². The van der Waals surface area contributed by atoms with Crippen molar-refractivity contribution in [1.82, 2.24) is 9.47 Å². The Balaban J connectivity index is 1.76. The van der Waals surface area contributed by atoms with E-state index < -0.39 is 0 Å². The first-order valence-electron chi connectivity index (χ1n) is 7.91. The Hall–Kier alpha value is -2.23. The number of furan rings is 1. The number of nitrogens with zero attached hydrogens (tertiary/aromatic N) is 2. The number of hydrogen-bond acceptors (Lipinski definition) is 2. The third-order valence-electron chi connectivity index (χ3n) is 4.85. The number of hydrogen-bond donors (Lipinski definition) is 0.